The number of phenols is 1. The van der Waals surface area contributed by atoms with E-state index >= 15 is 0 Å². The third kappa shape index (κ3) is 1.77. The van der Waals surface area contributed by atoms with Crippen molar-refractivity contribution in [3.8, 4) is 23.2 Å². The fraction of sp³-hybridized carbons (Fsp3) is 0. The number of nitrogen functional groups attached to an aromatic ring is 1. The Kier molecular flexibility index (Phi) is 2.40. The Labute approximate surface area is 91.8 Å². The van der Waals surface area contributed by atoms with Crippen LogP contribution >= 0.6 is 0 Å². The first kappa shape index (κ1) is 9.93. The number of benzene rings is 1. The van der Waals surface area contributed by atoms with E-state index in [9.17, 15) is 5.11 Å². The van der Waals surface area contributed by atoms with Gasteiger partial charge in [-0.15, -0.1) is 0 Å². The molecule has 5 nitrogen and oxygen atoms in total. The zero-order valence-electron chi connectivity index (χ0n) is 8.25. The van der Waals surface area contributed by atoms with E-state index in [4.69, 9.17) is 11.0 Å². The molecule has 16 heavy (non-hydrogen) atoms. The van der Waals surface area contributed by atoms with E-state index in [1.807, 2.05) is 6.07 Å². The Hall–Kier alpha value is -2.61. The summed E-state index contributed by atoms with van der Waals surface area (Å²) in [7, 11) is 0. The lowest BCUT2D eigenvalue weighted by Crippen LogP contribution is -1.98. The van der Waals surface area contributed by atoms with Crippen molar-refractivity contribution >= 4 is 5.82 Å². The van der Waals surface area contributed by atoms with Crippen molar-refractivity contribution in [3.63, 3.8) is 0 Å². The van der Waals surface area contributed by atoms with E-state index < -0.39 is 0 Å². The van der Waals surface area contributed by atoms with Gasteiger partial charge >= 0.3 is 0 Å². The molecule has 5 heteroatoms. The molecule has 0 spiro atoms. The Bertz CT molecular complexity index is 574. The number of nitrogens with zero attached hydrogens (tertiary/aromatic N) is 3. The summed E-state index contributed by atoms with van der Waals surface area (Å²) in [6.45, 7) is 0. The molecule has 0 bridgehead atoms. The smallest absolute Gasteiger partial charge is 0.161 e. The topological polar surface area (TPSA) is 95.8 Å². The normalized spacial score (nSPS) is 9.69. The first-order valence-electron chi connectivity index (χ1n) is 4.52. The molecule has 0 aliphatic heterocycles. The van der Waals surface area contributed by atoms with Crippen LogP contribution in [0.2, 0.25) is 0 Å². The number of aromatic hydroxyl groups is 1. The minimum atomic E-state index is 0.129. The zero-order chi connectivity index (χ0) is 11.5. The minimum absolute atomic E-state index is 0.129. The molecule has 78 valence electrons. The van der Waals surface area contributed by atoms with Crippen molar-refractivity contribution in [1.82, 2.24) is 9.97 Å². The third-order valence-electron chi connectivity index (χ3n) is 2.04. The van der Waals surface area contributed by atoms with Gasteiger partial charge in [0.15, 0.2) is 5.82 Å². The van der Waals surface area contributed by atoms with Crippen LogP contribution in [-0.2, 0) is 0 Å². The number of hydrogen-bond acceptors (Lipinski definition) is 5. The van der Waals surface area contributed by atoms with Gasteiger partial charge in [0.05, 0.1) is 6.20 Å². The molecule has 0 unspecified atom stereocenters. The van der Waals surface area contributed by atoms with Gasteiger partial charge in [-0.1, -0.05) is 12.1 Å². The molecular formula is C11H8N4O. The summed E-state index contributed by atoms with van der Waals surface area (Å²) in [6.07, 6.45) is 1.36. The molecule has 1 aromatic carbocycles. The largest absolute Gasteiger partial charge is 0.508 e. The highest BCUT2D eigenvalue weighted by Crippen LogP contribution is 2.20. The summed E-state index contributed by atoms with van der Waals surface area (Å²) < 4.78 is 0. The lowest BCUT2D eigenvalue weighted by Gasteiger charge is -2.02. The Morgan fingerprint density at radius 2 is 2.19 bits per heavy atom. The molecule has 0 atom stereocenters. The van der Waals surface area contributed by atoms with Crippen molar-refractivity contribution in [3.05, 3.63) is 36.0 Å². The molecule has 1 aromatic heterocycles. The van der Waals surface area contributed by atoms with E-state index in [1.165, 1.54) is 12.3 Å². The molecule has 0 fully saturated rings. The second-order valence-electron chi connectivity index (χ2n) is 3.15. The molecule has 2 rings (SSSR count). The molecule has 3 N–H and O–H groups in total. The van der Waals surface area contributed by atoms with Crippen molar-refractivity contribution in [2.24, 2.45) is 0 Å². The van der Waals surface area contributed by atoms with Crippen LogP contribution < -0.4 is 5.73 Å². The first-order valence-corrected chi connectivity index (χ1v) is 4.52. The highest BCUT2D eigenvalue weighted by Gasteiger charge is 2.05. The van der Waals surface area contributed by atoms with Crippen molar-refractivity contribution in [2.75, 3.05) is 5.73 Å². The molecule has 0 radical (unpaired) electrons. The molecule has 0 saturated heterocycles. The summed E-state index contributed by atoms with van der Waals surface area (Å²) in [5, 5.41) is 18.0. The second-order valence-corrected chi connectivity index (χ2v) is 3.15. The number of anilines is 1. The van der Waals surface area contributed by atoms with Crippen LogP contribution in [0.5, 0.6) is 5.75 Å². The average molecular weight is 212 g/mol. The van der Waals surface area contributed by atoms with Gasteiger partial charge in [-0.2, -0.15) is 5.26 Å². The Balaban J connectivity index is 2.50. The predicted octanol–water partition coefficient (Wildman–Crippen LogP) is 1.30. The van der Waals surface area contributed by atoms with Crippen LogP contribution in [-0.4, -0.2) is 15.1 Å². The summed E-state index contributed by atoms with van der Waals surface area (Å²) in [5.74, 6) is 0.646. The maximum Gasteiger partial charge on any atom is 0.161 e. The van der Waals surface area contributed by atoms with E-state index in [0.717, 1.165) is 0 Å². The second kappa shape index (κ2) is 3.87. The third-order valence-corrected chi connectivity index (χ3v) is 2.04. The summed E-state index contributed by atoms with van der Waals surface area (Å²) in [6, 6.07) is 8.40. The number of hydrogen-bond donors (Lipinski definition) is 2. The summed E-state index contributed by atoms with van der Waals surface area (Å²) >= 11 is 0. The van der Waals surface area contributed by atoms with Crippen LogP contribution in [0.1, 0.15) is 5.56 Å². The van der Waals surface area contributed by atoms with Gasteiger partial charge in [0, 0.05) is 5.56 Å². The number of rotatable bonds is 1. The van der Waals surface area contributed by atoms with Gasteiger partial charge in [0.2, 0.25) is 0 Å². The van der Waals surface area contributed by atoms with Gasteiger partial charge in [-0.05, 0) is 12.1 Å². The molecule has 0 aliphatic carbocycles. The molecule has 2 aromatic rings. The number of nitrogens with two attached hydrogens (primary N) is 1. The van der Waals surface area contributed by atoms with E-state index in [1.54, 1.807) is 18.2 Å². The van der Waals surface area contributed by atoms with Gasteiger partial charge in [0.1, 0.15) is 23.2 Å². The lowest BCUT2D eigenvalue weighted by molar-refractivity contribution is 0.475. The van der Waals surface area contributed by atoms with Crippen molar-refractivity contribution in [2.45, 2.75) is 0 Å². The maximum atomic E-state index is 9.31. The zero-order valence-corrected chi connectivity index (χ0v) is 8.25. The van der Waals surface area contributed by atoms with Gasteiger partial charge in [0.25, 0.3) is 0 Å². The maximum absolute atomic E-state index is 9.31. The van der Waals surface area contributed by atoms with Crippen LogP contribution in [0.15, 0.2) is 30.5 Å². The number of phenolic OH excluding ortho intramolecular Hbond substituents is 1. The minimum Gasteiger partial charge on any atom is -0.508 e. The predicted molar refractivity (Wildman–Crippen MR) is 58.3 cm³/mol. The highest BCUT2D eigenvalue weighted by atomic mass is 16.3. The monoisotopic (exact) mass is 212 g/mol. The molecular weight excluding hydrogens is 204 g/mol. The van der Waals surface area contributed by atoms with Crippen molar-refractivity contribution < 1.29 is 5.11 Å². The fourth-order valence-electron chi connectivity index (χ4n) is 1.27. The van der Waals surface area contributed by atoms with Crippen LogP contribution in [0.3, 0.4) is 0 Å². The van der Waals surface area contributed by atoms with Gasteiger partial charge in [-0.25, -0.2) is 9.97 Å². The van der Waals surface area contributed by atoms with Crippen molar-refractivity contribution in [1.29, 1.82) is 5.26 Å². The number of nitriles is 1. The first-order chi connectivity index (χ1) is 7.70. The standard InChI is InChI=1S/C11H8N4O/c12-5-8-6-14-11(15-10(8)13)7-2-1-3-9(16)4-7/h1-4,6,16H,(H2,13,14,15). The molecule has 0 saturated carbocycles. The van der Waals surface area contributed by atoms with Gasteiger partial charge in [-0.3, -0.25) is 0 Å². The highest BCUT2D eigenvalue weighted by molar-refractivity contribution is 5.60. The SMILES string of the molecule is N#Cc1cnc(-c2cccc(O)c2)nc1N. The molecule has 1 heterocycles. The Morgan fingerprint density at radius 3 is 2.81 bits per heavy atom. The van der Waals surface area contributed by atoms with Gasteiger partial charge < -0.3 is 10.8 Å². The lowest BCUT2D eigenvalue weighted by atomic mass is 10.2. The van der Waals surface area contributed by atoms with Crippen LogP contribution in [0.4, 0.5) is 5.82 Å². The van der Waals surface area contributed by atoms with Crippen LogP contribution in [0, 0.1) is 11.3 Å². The molecule has 0 amide bonds. The fourth-order valence-corrected chi connectivity index (χ4v) is 1.27. The Morgan fingerprint density at radius 1 is 1.38 bits per heavy atom. The van der Waals surface area contributed by atoms with E-state index in [0.29, 0.717) is 11.4 Å². The quantitative estimate of drug-likeness (QED) is 0.742. The average Bonchev–Trinajstić information content (AvgIpc) is 2.29. The van der Waals surface area contributed by atoms with E-state index in [2.05, 4.69) is 9.97 Å². The summed E-state index contributed by atoms with van der Waals surface area (Å²) in [4.78, 5) is 7.99. The van der Waals surface area contributed by atoms with Crippen LogP contribution in [0.25, 0.3) is 11.4 Å². The molecule has 0 aliphatic rings. The summed E-state index contributed by atoms with van der Waals surface area (Å²) in [5.41, 5.74) is 6.46. The number of aromatic nitrogens is 2. The van der Waals surface area contributed by atoms with E-state index in [-0.39, 0.29) is 17.1 Å².